The van der Waals surface area contributed by atoms with E-state index in [4.69, 9.17) is 30.5 Å². The van der Waals surface area contributed by atoms with Crippen molar-refractivity contribution in [3.05, 3.63) is 46.5 Å². The Balaban J connectivity index is 1.67. The molecule has 6 nitrogen and oxygen atoms in total. The minimum atomic E-state index is -0.266. The summed E-state index contributed by atoms with van der Waals surface area (Å²) in [5.41, 5.74) is 1.79. The Morgan fingerprint density at radius 2 is 1.85 bits per heavy atom. The first kappa shape index (κ1) is 19.2. The van der Waals surface area contributed by atoms with E-state index in [1.54, 1.807) is 27.4 Å². The third-order valence-corrected chi connectivity index (χ3v) is 4.73. The molecule has 1 amide bonds. The number of fused-ring (bicyclic) bond motifs is 1. The molecular formula is C20H22ClNO5. The lowest BCUT2D eigenvalue weighted by atomic mass is 9.96. The van der Waals surface area contributed by atoms with Crippen molar-refractivity contribution >= 4 is 17.5 Å². The van der Waals surface area contributed by atoms with Gasteiger partial charge in [0, 0.05) is 11.6 Å². The Kier molecular flexibility index (Phi) is 5.96. The summed E-state index contributed by atoms with van der Waals surface area (Å²) >= 11 is 6.04. The van der Waals surface area contributed by atoms with Crippen LogP contribution in [0.15, 0.2) is 30.3 Å². The Labute approximate surface area is 163 Å². The summed E-state index contributed by atoms with van der Waals surface area (Å²) in [7, 11) is 4.66. The summed E-state index contributed by atoms with van der Waals surface area (Å²) in [6, 6.07) is 9.09. The van der Waals surface area contributed by atoms with E-state index in [0.717, 1.165) is 16.9 Å². The SMILES string of the molecule is COc1cc(CNC(=O)C2COc3ccc(Cl)cc3C2)cc(OC)c1OC. The predicted molar refractivity (Wildman–Crippen MR) is 102 cm³/mol. The van der Waals surface area contributed by atoms with Crippen LogP contribution in [-0.2, 0) is 17.8 Å². The third kappa shape index (κ3) is 4.22. The zero-order chi connectivity index (χ0) is 19.4. The third-order valence-electron chi connectivity index (χ3n) is 4.49. The van der Waals surface area contributed by atoms with Crippen molar-refractivity contribution in [2.24, 2.45) is 5.92 Å². The van der Waals surface area contributed by atoms with Gasteiger partial charge in [-0.05, 0) is 47.9 Å². The molecule has 0 saturated heterocycles. The lowest BCUT2D eigenvalue weighted by molar-refractivity contribution is -0.126. The summed E-state index contributed by atoms with van der Waals surface area (Å²) in [6.45, 7) is 0.685. The van der Waals surface area contributed by atoms with Gasteiger partial charge in [0.05, 0.1) is 27.2 Å². The van der Waals surface area contributed by atoms with E-state index in [1.807, 2.05) is 24.3 Å². The van der Waals surface area contributed by atoms with Crippen LogP contribution in [0.3, 0.4) is 0 Å². The number of halogens is 1. The zero-order valence-electron chi connectivity index (χ0n) is 15.5. The highest BCUT2D eigenvalue weighted by molar-refractivity contribution is 6.30. The van der Waals surface area contributed by atoms with Crippen LogP contribution in [0.25, 0.3) is 0 Å². The van der Waals surface area contributed by atoms with Gasteiger partial charge in [-0.1, -0.05) is 11.6 Å². The van der Waals surface area contributed by atoms with Crippen LogP contribution in [0.1, 0.15) is 11.1 Å². The average molecular weight is 392 g/mol. The molecular weight excluding hydrogens is 370 g/mol. The van der Waals surface area contributed by atoms with E-state index in [-0.39, 0.29) is 11.8 Å². The maximum atomic E-state index is 12.6. The smallest absolute Gasteiger partial charge is 0.227 e. The number of hydrogen-bond donors (Lipinski definition) is 1. The van der Waals surface area contributed by atoms with Crippen LogP contribution in [0.5, 0.6) is 23.0 Å². The van der Waals surface area contributed by atoms with Crippen LogP contribution in [0.4, 0.5) is 0 Å². The van der Waals surface area contributed by atoms with E-state index in [1.165, 1.54) is 0 Å². The van der Waals surface area contributed by atoms with Crippen molar-refractivity contribution in [1.29, 1.82) is 0 Å². The van der Waals surface area contributed by atoms with Gasteiger partial charge in [-0.3, -0.25) is 4.79 Å². The lowest BCUT2D eigenvalue weighted by Crippen LogP contribution is -2.37. The largest absolute Gasteiger partial charge is 0.493 e. The summed E-state index contributed by atoms with van der Waals surface area (Å²) in [5, 5.41) is 3.59. The molecule has 3 rings (SSSR count). The quantitative estimate of drug-likeness (QED) is 0.818. The first-order chi connectivity index (χ1) is 13.0. The van der Waals surface area contributed by atoms with Crippen molar-refractivity contribution in [2.45, 2.75) is 13.0 Å². The Bertz CT molecular complexity index is 814. The molecule has 0 aliphatic carbocycles. The first-order valence-electron chi connectivity index (χ1n) is 8.53. The number of nitrogens with one attached hydrogen (secondary N) is 1. The summed E-state index contributed by atoms with van der Waals surface area (Å²) < 4.78 is 21.7. The number of methoxy groups -OCH3 is 3. The minimum Gasteiger partial charge on any atom is -0.493 e. The fourth-order valence-electron chi connectivity index (χ4n) is 3.10. The van der Waals surface area contributed by atoms with Crippen LogP contribution in [0.2, 0.25) is 5.02 Å². The van der Waals surface area contributed by atoms with Crippen molar-refractivity contribution in [2.75, 3.05) is 27.9 Å². The molecule has 1 atom stereocenters. The van der Waals surface area contributed by atoms with Crippen LogP contribution >= 0.6 is 11.6 Å². The molecule has 0 radical (unpaired) electrons. The molecule has 1 unspecified atom stereocenters. The van der Waals surface area contributed by atoms with Gasteiger partial charge in [0.1, 0.15) is 12.4 Å². The Hall–Kier alpha value is -2.60. The highest BCUT2D eigenvalue weighted by Gasteiger charge is 2.26. The van der Waals surface area contributed by atoms with E-state index >= 15 is 0 Å². The number of amides is 1. The fourth-order valence-corrected chi connectivity index (χ4v) is 3.30. The molecule has 7 heteroatoms. The van der Waals surface area contributed by atoms with E-state index in [9.17, 15) is 4.79 Å². The molecule has 2 aromatic rings. The summed E-state index contributed by atoms with van der Waals surface area (Å²) in [4.78, 5) is 12.6. The fraction of sp³-hybridized carbons (Fsp3) is 0.350. The molecule has 0 fully saturated rings. The zero-order valence-corrected chi connectivity index (χ0v) is 16.3. The van der Waals surface area contributed by atoms with Gasteiger partial charge in [-0.2, -0.15) is 0 Å². The standard InChI is InChI=1S/C20H22ClNO5/c1-24-17-6-12(7-18(25-2)19(17)26-3)10-22-20(23)14-8-13-9-15(21)4-5-16(13)27-11-14/h4-7,9,14H,8,10-11H2,1-3H3,(H,22,23). The number of rotatable bonds is 6. The maximum absolute atomic E-state index is 12.6. The van der Waals surface area contributed by atoms with E-state index < -0.39 is 0 Å². The normalized spacial score (nSPS) is 15.3. The highest BCUT2D eigenvalue weighted by atomic mass is 35.5. The topological polar surface area (TPSA) is 66.0 Å². The van der Waals surface area contributed by atoms with Gasteiger partial charge in [-0.25, -0.2) is 0 Å². The van der Waals surface area contributed by atoms with Gasteiger partial charge in [-0.15, -0.1) is 0 Å². The molecule has 0 spiro atoms. The maximum Gasteiger partial charge on any atom is 0.227 e. The molecule has 2 aromatic carbocycles. The average Bonchev–Trinajstić information content (AvgIpc) is 2.70. The second-order valence-electron chi connectivity index (χ2n) is 6.22. The van der Waals surface area contributed by atoms with Gasteiger partial charge in [0.15, 0.2) is 11.5 Å². The molecule has 0 bridgehead atoms. The summed E-state index contributed by atoms with van der Waals surface area (Å²) in [5.74, 6) is 2.06. The predicted octanol–water partition coefficient (Wildman–Crippen LogP) is 3.23. The number of ether oxygens (including phenoxy) is 4. The van der Waals surface area contributed by atoms with Crippen molar-refractivity contribution < 1.29 is 23.7 Å². The first-order valence-corrected chi connectivity index (χ1v) is 8.91. The molecule has 1 N–H and O–H groups in total. The van der Waals surface area contributed by atoms with Gasteiger partial charge in [0.2, 0.25) is 11.7 Å². The molecule has 1 aliphatic heterocycles. The lowest BCUT2D eigenvalue weighted by Gasteiger charge is -2.25. The number of carbonyl (C=O) groups excluding carboxylic acids is 1. The van der Waals surface area contributed by atoms with Gasteiger partial charge in [0.25, 0.3) is 0 Å². The van der Waals surface area contributed by atoms with Crippen molar-refractivity contribution in [1.82, 2.24) is 5.32 Å². The second kappa shape index (κ2) is 8.39. The molecule has 27 heavy (non-hydrogen) atoms. The van der Waals surface area contributed by atoms with Crippen molar-refractivity contribution in [3.63, 3.8) is 0 Å². The highest BCUT2D eigenvalue weighted by Crippen LogP contribution is 2.38. The second-order valence-corrected chi connectivity index (χ2v) is 6.65. The van der Waals surface area contributed by atoms with Gasteiger partial charge >= 0.3 is 0 Å². The Morgan fingerprint density at radius 3 is 2.48 bits per heavy atom. The number of carbonyl (C=O) groups is 1. The Morgan fingerprint density at radius 1 is 1.15 bits per heavy atom. The van der Waals surface area contributed by atoms with Crippen LogP contribution in [0, 0.1) is 5.92 Å². The van der Waals surface area contributed by atoms with E-state index in [2.05, 4.69) is 5.32 Å². The van der Waals surface area contributed by atoms with Gasteiger partial charge < -0.3 is 24.3 Å². The molecule has 1 heterocycles. The minimum absolute atomic E-state index is 0.0747. The van der Waals surface area contributed by atoms with Crippen LogP contribution < -0.4 is 24.3 Å². The molecule has 144 valence electrons. The molecule has 1 aliphatic rings. The van der Waals surface area contributed by atoms with Crippen molar-refractivity contribution in [3.8, 4) is 23.0 Å². The van der Waals surface area contributed by atoms with E-state index in [0.29, 0.717) is 41.8 Å². The monoisotopic (exact) mass is 391 g/mol. The number of hydrogen-bond acceptors (Lipinski definition) is 5. The number of benzene rings is 2. The van der Waals surface area contributed by atoms with Crippen LogP contribution in [-0.4, -0.2) is 33.8 Å². The summed E-state index contributed by atoms with van der Waals surface area (Å²) in [6.07, 6.45) is 0.594. The molecule has 0 saturated carbocycles. The molecule has 0 aromatic heterocycles.